The van der Waals surface area contributed by atoms with Gasteiger partial charge in [0.15, 0.2) is 0 Å². The maximum absolute atomic E-state index is 12.9. The Hall–Kier alpha value is -2.82. The predicted octanol–water partition coefficient (Wildman–Crippen LogP) is 3.88. The number of rotatable bonds is 8. The molecule has 0 saturated carbocycles. The molecular weight excluding hydrogens is 376 g/mol. The van der Waals surface area contributed by atoms with Gasteiger partial charge in [-0.1, -0.05) is 50.2 Å². The summed E-state index contributed by atoms with van der Waals surface area (Å²) < 4.78 is 5.75. The molecule has 2 aromatic rings. The number of ether oxygens (including phenoxy) is 1. The number of nitrogens with zero attached hydrogens (tertiary/aromatic N) is 1. The molecule has 1 N–H and O–H groups in total. The van der Waals surface area contributed by atoms with Crippen LogP contribution in [0.15, 0.2) is 48.5 Å². The van der Waals surface area contributed by atoms with Crippen molar-refractivity contribution >= 4 is 11.8 Å². The average molecular weight is 409 g/mol. The predicted molar refractivity (Wildman–Crippen MR) is 118 cm³/mol. The maximum Gasteiger partial charge on any atom is 0.243 e. The van der Waals surface area contributed by atoms with Gasteiger partial charge >= 0.3 is 0 Å². The third-order valence-electron chi connectivity index (χ3n) is 5.33. The molecule has 0 bridgehead atoms. The van der Waals surface area contributed by atoms with Gasteiger partial charge in [0, 0.05) is 25.9 Å². The van der Waals surface area contributed by atoms with E-state index in [0.29, 0.717) is 39.0 Å². The summed E-state index contributed by atoms with van der Waals surface area (Å²) in [6, 6.07) is 15.5. The van der Waals surface area contributed by atoms with E-state index in [1.807, 2.05) is 63.2 Å². The quantitative estimate of drug-likeness (QED) is 0.675. The molecule has 0 radical (unpaired) electrons. The topological polar surface area (TPSA) is 58.6 Å². The molecule has 5 nitrogen and oxygen atoms in total. The van der Waals surface area contributed by atoms with Gasteiger partial charge in [-0.15, -0.1) is 0 Å². The van der Waals surface area contributed by atoms with Gasteiger partial charge in [0.05, 0.1) is 6.61 Å². The summed E-state index contributed by atoms with van der Waals surface area (Å²) in [6.07, 6.45) is 1.73. The van der Waals surface area contributed by atoms with E-state index in [2.05, 4.69) is 11.4 Å². The van der Waals surface area contributed by atoms with Crippen molar-refractivity contribution in [1.29, 1.82) is 0 Å². The second kappa shape index (κ2) is 10.3. The summed E-state index contributed by atoms with van der Waals surface area (Å²) in [4.78, 5) is 27.5. The van der Waals surface area contributed by atoms with E-state index < -0.39 is 6.04 Å². The number of carbonyl (C=O) groups excluding carboxylic acids is 2. The number of benzene rings is 2. The van der Waals surface area contributed by atoms with Crippen molar-refractivity contribution in [3.8, 4) is 5.75 Å². The summed E-state index contributed by atoms with van der Waals surface area (Å²) >= 11 is 0. The first-order chi connectivity index (χ1) is 14.4. The van der Waals surface area contributed by atoms with Crippen molar-refractivity contribution in [2.75, 3.05) is 13.2 Å². The molecule has 0 aliphatic carbocycles. The van der Waals surface area contributed by atoms with Gasteiger partial charge in [0.1, 0.15) is 11.8 Å². The van der Waals surface area contributed by atoms with Gasteiger partial charge in [-0.25, -0.2) is 0 Å². The first kappa shape index (κ1) is 21.9. The molecule has 30 heavy (non-hydrogen) atoms. The Kier molecular flexibility index (Phi) is 7.50. The first-order valence-corrected chi connectivity index (χ1v) is 10.8. The van der Waals surface area contributed by atoms with Crippen LogP contribution in [0.4, 0.5) is 0 Å². The highest BCUT2D eigenvalue weighted by molar-refractivity contribution is 5.88. The normalized spacial score (nSPS) is 15.6. The van der Waals surface area contributed by atoms with Gasteiger partial charge in [-0.3, -0.25) is 9.59 Å². The van der Waals surface area contributed by atoms with Crippen molar-refractivity contribution in [1.82, 2.24) is 10.2 Å². The number of fused-ring (bicyclic) bond motifs is 1. The molecule has 3 rings (SSSR count). The minimum Gasteiger partial charge on any atom is -0.494 e. The fourth-order valence-corrected chi connectivity index (χ4v) is 3.78. The highest BCUT2D eigenvalue weighted by atomic mass is 16.5. The lowest BCUT2D eigenvalue weighted by Crippen LogP contribution is -2.53. The molecule has 0 fully saturated rings. The van der Waals surface area contributed by atoms with E-state index in [1.54, 1.807) is 4.90 Å². The minimum atomic E-state index is -0.455. The standard InChI is InChI=1S/C25H32N2O3/c1-18(2)14-24(28)27-17-21-10-5-4-9-20(21)16-23(27)25(29)26-12-7-13-30-22-11-6-8-19(3)15-22/h4-6,8-11,15,18,23H,7,12-14,16-17H2,1-3H3,(H,26,29). The Balaban J connectivity index is 1.55. The minimum absolute atomic E-state index is 0.0439. The Morgan fingerprint density at radius 1 is 1.13 bits per heavy atom. The average Bonchev–Trinajstić information content (AvgIpc) is 2.72. The van der Waals surface area contributed by atoms with Gasteiger partial charge in [0.25, 0.3) is 0 Å². The van der Waals surface area contributed by atoms with Crippen LogP contribution in [0.5, 0.6) is 5.75 Å². The van der Waals surface area contributed by atoms with Crippen LogP contribution in [0.25, 0.3) is 0 Å². The Morgan fingerprint density at radius 2 is 1.90 bits per heavy atom. The first-order valence-electron chi connectivity index (χ1n) is 10.8. The highest BCUT2D eigenvalue weighted by Gasteiger charge is 2.34. The zero-order valence-corrected chi connectivity index (χ0v) is 18.2. The highest BCUT2D eigenvalue weighted by Crippen LogP contribution is 2.25. The molecule has 5 heteroatoms. The fraction of sp³-hybridized carbons (Fsp3) is 0.440. The van der Waals surface area contributed by atoms with Crippen molar-refractivity contribution in [3.63, 3.8) is 0 Å². The molecule has 1 heterocycles. The van der Waals surface area contributed by atoms with Crippen LogP contribution in [-0.2, 0) is 22.6 Å². The van der Waals surface area contributed by atoms with Crippen LogP contribution in [0.3, 0.4) is 0 Å². The molecule has 1 atom stereocenters. The summed E-state index contributed by atoms with van der Waals surface area (Å²) in [6.45, 7) is 7.64. The molecule has 2 amide bonds. The third-order valence-corrected chi connectivity index (χ3v) is 5.33. The largest absolute Gasteiger partial charge is 0.494 e. The zero-order chi connectivity index (χ0) is 21.5. The number of carbonyl (C=O) groups is 2. The molecule has 0 aromatic heterocycles. The lowest BCUT2D eigenvalue weighted by atomic mass is 9.92. The smallest absolute Gasteiger partial charge is 0.243 e. The molecule has 1 aliphatic rings. The second-order valence-corrected chi connectivity index (χ2v) is 8.42. The SMILES string of the molecule is Cc1cccc(OCCCNC(=O)C2Cc3ccccc3CN2C(=O)CC(C)C)c1. The monoisotopic (exact) mass is 408 g/mol. The Labute approximate surface area is 179 Å². The van der Waals surface area contributed by atoms with Crippen molar-refractivity contribution in [2.45, 2.75) is 52.6 Å². The number of nitrogens with one attached hydrogen (secondary N) is 1. The van der Waals surface area contributed by atoms with E-state index in [4.69, 9.17) is 4.74 Å². The molecular formula is C25H32N2O3. The fourth-order valence-electron chi connectivity index (χ4n) is 3.78. The van der Waals surface area contributed by atoms with Crippen LogP contribution in [-0.4, -0.2) is 35.9 Å². The van der Waals surface area contributed by atoms with E-state index in [-0.39, 0.29) is 17.7 Å². The summed E-state index contributed by atoms with van der Waals surface area (Å²) in [5.41, 5.74) is 3.43. The molecule has 2 aromatic carbocycles. The second-order valence-electron chi connectivity index (χ2n) is 8.42. The van der Waals surface area contributed by atoms with Gasteiger partial charge < -0.3 is 15.0 Å². The summed E-state index contributed by atoms with van der Waals surface area (Å²) in [5.74, 6) is 1.06. The molecule has 160 valence electrons. The van der Waals surface area contributed by atoms with Crippen molar-refractivity contribution in [2.24, 2.45) is 5.92 Å². The van der Waals surface area contributed by atoms with Gasteiger partial charge in [-0.05, 0) is 48.1 Å². The van der Waals surface area contributed by atoms with E-state index in [0.717, 1.165) is 22.4 Å². The molecule has 0 saturated heterocycles. The van der Waals surface area contributed by atoms with Crippen LogP contribution in [0.2, 0.25) is 0 Å². The molecule has 1 unspecified atom stereocenters. The number of hydrogen-bond donors (Lipinski definition) is 1. The van der Waals surface area contributed by atoms with Crippen LogP contribution >= 0.6 is 0 Å². The van der Waals surface area contributed by atoms with E-state index >= 15 is 0 Å². The molecule has 0 spiro atoms. The number of hydrogen-bond acceptors (Lipinski definition) is 3. The third kappa shape index (κ3) is 5.85. The maximum atomic E-state index is 12.9. The van der Waals surface area contributed by atoms with E-state index in [9.17, 15) is 9.59 Å². The molecule has 1 aliphatic heterocycles. The van der Waals surface area contributed by atoms with Crippen LogP contribution in [0.1, 0.15) is 43.4 Å². The Bertz CT molecular complexity index is 878. The number of aryl methyl sites for hydroxylation is 1. The van der Waals surface area contributed by atoms with Crippen molar-refractivity contribution in [3.05, 3.63) is 65.2 Å². The lowest BCUT2D eigenvalue weighted by Gasteiger charge is -2.36. The lowest BCUT2D eigenvalue weighted by molar-refractivity contribution is -0.142. The van der Waals surface area contributed by atoms with Crippen LogP contribution < -0.4 is 10.1 Å². The van der Waals surface area contributed by atoms with Gasteiger partial charge in [-0.2, -0.15) is 0 Å². The Morgan fingerprint density at radius 3 is 2.63 bits per heavy atom. The van der Waals surface area contributed by atoms with Crippen molar-refractivity contribution < 1.29 is 14.3 Å². The zero-order valence-electron chi connectivity index (χ0n) is 18.2. The number of amides is 2. The van der Waals surface area contributed by atoms with Gasteiger partial charge in [0.2, 0.25) is 11.8 Å². The summed E-state index contributed by atoms with van der Waals surface area (Å²) in [5, 5.41) is 3.01. The van der Waals surface area contributed by atoms with E-state index in [1.165, 1.54) is 0 Å². The summed E-state index contributed by atoms with van der Waals surface area (Å²) in [7, 11) is 0. The van der Waals surface area contributed by atoms with Crippen LogP contribution in [0, 0.1) is 12.8 Å².